The van der Waals surface area contributed by atoms with Gasteiger partial charge in [-0.3, -0.25) is 4.79 Å². The SMILES string of the molecule is C=CC(C)NC(=O)[C@H](C)NC(=C)CC(C)N. The fraction of sp³-hybridized carbons (Fsp3) is 0.583. The first-order valence-electron chi connectivity index (χ1n) is 5.49. The third kappa shape index (κ3) is 6.24. The Morgan fingerprint density at radius 2 is 1.94 bits per heavy atom. The number of hydrogen-bond donors (Lipinski definition) is 3. The van der Waals surface area contributed by atoms with Gasteiger partial charge in [0.15, 0.2) is 0 Å². The number of carbonyl (C=O) groups is 1. The molecule has 3 atom stereocenters. The van der Waals surface area contributed by atoms with Crippen molar-refractivity contribution >= 4 is 5.91 Å². The summed E-state index contributed by atoms with van der Waals surface area (Å²) in [5.74, 6) is -0.0711. The fourth-order valence-corrected chi connectivity index (χ4v) is 1.23. The minimum absolute atomic E-state index is 0.0292. The molecule has 16 heavy (non-hydrogen) atoms. The average Bonchev–Trinajstić information content (AvgIpc) is 2.15. The lowest BCUT2D eigenvalue weighted by Crippen LogP contribution is -2.44. The second-order valence-corrected chi connectivity index (χ2v) is 4.18. The number of amides is 1. The second kappa shape index (κ2) is 7.06. The summed E-state index contributed by atoms with van der Waals surface area (Å²) in [5.41, 5.74) is 6.41. The molecular weight excluding hydrogens is 202 g/mol. The van der Waals surface area contributed by atoms with Gasteiger partial charge in [-0.15, -0.1) is 6.58 Å². The van der Waals surface area contributed by atoms with Crippen LogP contribution in [0.4, 0.5) is 0 Å². The van der Waals surface area contributed by atoms with E-state index >= 15 is 0 Å². The van der Waals surface area contributed by atoms with Crippen LogP contribution in [0.3, 0.4) is 0 Å². The van der Waals surface area contributed by atoms with E-state index in [1.54, 1.807) is 13.0 Å². The van der Waals surface area contributed by atoms with Crippen molar-refractivity contribution in [1.29, 1.82) is 0 Å². The van der Waals surface area contributed by atoms with Crippen LogP contribution >= 0.6 is 0 Å². The molecule has 0 aliphatic rings. The maximum Gasteiger partial charge on any atom is 0.242 e. The predicted molar refractivity (Wildman–Crippen MR) is 67.8 cm³/mol. The smallest absolute Gasteiger partial charge is 0.242 e. The Morgan fingerprint density at radius 3 is 2.38 bits per heavy atom. The minimum Gasteiger partial charge on any atom is -0.378 e. The summed E-state index contributed by atoms with van der Waals surface area (Å²) in [4.78, 5) is 11.6. The van der Waals surface area contributed by atoms with E-state index in [1.807, 2.05) is 13.8 Å². The van der Waals surface area contributed by atoms with Crippen LogP contribution in [0.1, 0.15) is 27.2 Å². The van der Waals surface area contributed by atoms with E-state index in [2.05, 4.69) is 23.8 Å². The summed E-state index contributed by atoms with van der Waals surface area (Å²) in [5, 5.41) is 5.82. The molecule has 0 heterocycles. The highest BCUT2D eigenvalue weighted by molar-refractivity contribution is 5.81. The predicted octanol–water partition coefficient (Wildman–Crippen LogP) is 0.906. The van der Waals surface area contributed by atoms with E-state index < -0.39 is 0 Å². The van der Waals surface area contributed by atoms with Gasteiger partial charge < -0.3 is 16.4 Å². The van der Waals surface area contributed by atoms with E-state index in [4.69, 9.17) is 5.73 Å². The lowest BCUT2D eigenvalue weighted by Gasteiger charge is -2.19. The van der Waals surface area contributed by atoms with Gasteiger partial charge in [0.05, 0.1) is 0 Å². The van der Waals surface area contributed by atoms with Crippen LogP contribution in [0.15, 0.2) is 24.9 Å². The quantitative estimate of drug-likeness (QED) is 0.564. The van der Waals surface area contributed by atoms with Crippen LogP contribution in [-0.4, -0.2) is 24.0 Å². The molecule has 0 fully saturated rings. The van der Waals surface area contributed by atoms with Crippen molar-refractivity contribution < 1.29 is 4.79 Å². The molecule has 0 aliphatic carbocycles. The van der Waals surface area contributed by atoms with Crippen molar-refractivity contribution in [3.8, 4) is 0 Å². The van der Waals surface area contributed by atoms with Gasteiger partial charge in [0.2, 0.25) is 5.91 Å². The molecule has 0 saturated carbocycles. The van der Waals surface area contributed by atoms with Gasteiger partial charge in [0.25, 0.3) is 0 Å². The van der Waals surface area contributed by atoms with Gasteiger partial charge >= 0.3 is 0 Å². The van der Waals surface area contributed by atoms with Crippen molar-refractivity contribution in [3.05, 3.63) is 24.9 Å². The maximum absolute atomic E-state index is 11.6. The lowest BCUT2D eigenvalue weighted by molar-refractivity contribution is -0.122. The summed E-state index contributed by atoms with van der Waals surface area (Å²) >= 11 is 0. The molecule has 92 valence electrons. The molecule has 0 saturated heterocycles. The highest BCUT2D eigenvalue weighted by atomic mass is 16.2. The third-order valence-electron chi connectivity index (χ3n) is 2.11. The first-order valence-corrected chi connectivity index (χ1v) is 5.49. The van der Waals surface area contributed by atoms with Gasteiger partial charge in [0, 0.05) is 24.2 Å². The van der Waals surface area contributed by atoms with Gasteiger partial charge in [-0.1, -0.05) is 12.7 Å². The Kier molecular flexibility index (Phi) is 6.49. The van der Waals surface area contributed by atoms with E-state index in [0.29, 0.717) is 6.42 Å². The van der Waals surface area contributed by atoms with Crippen molar-refractivity contribution in [2.24, 2.45) is 5.73 Å². The molecule has 4 N–H and O–H groups in total. The molecule has 4 heteroatoms. The van der Waals surface area contributed by atoms with Crippen LogP contribution in [-0.2, 0) is 4.79 Å². The normalized spacial score (nSPS) is 15.8. The fourth-order valence-electron chi connectivity index (χ4n) is 1.23. The molecule has 0 aromatic rings. The molecule has 0 radical (unpaired) electrons. The molecule has 0 spiro atoms. The third-order valence-corrected chi connectivity index (χ3v) is 2.11. The standard InChI is InChI=1S/C12H23N3O/c1-6-9(3)15-12(16)11(5)14-10(4)7-8(2)13/h6,8-9,11,14H,1,4,7,13H2,2-3,5H3,(H,15,16)/t8?,9?,11-/m0/s1. The number of carbonyl (C=O) groups excluding carboxylic acids is 1. The van der Waals surface area contributed by atoms with Crippen molar-refractivity contribution in [1.82, 2.24) is 10.6 Å². The molecule has 0 rings (SSSR count). The van der Waals surface area contributed by atoms with E-state index in [-0.39, 0.29) is 24.0 Å². The van der Waals surface area contributed by atoms with Crippen LogP contribution in [0.5, 0.6) is 0 Å². The summed E-state index contributed by atoms with van der Waals surface area (Å²) in [6.07, 6.45) is 2.34. The minimum atomic E-state index is -0.311. The molecule has 0 aromatic carbocycles. The van der Waals surface area contributed by atoms with Gasteiger partial charge in [-0.25, -0.2) is 0 Å². The molecule has 0 aliphatic heterocycles. The van der Waals surface area contributed by atoms with Crippen LogP contribution < -0.4 is 16.4 Å². The van der Waals surface area contributed by atoms with Crippen molar-refractivity contribution in [2.45, 2.75) is 45.3 Å². The first kappa shape index (κ1) is 14.7. The second-order valence-electron chi connectivity index (χ2n) is 4.18. The number of nitrogens with two attached hydrogens (primary N) is 1. The van der Waals surface area contributed by atoms with Crippen LogP contribution in [0.25, 0.3) is 0 Å². The summed E-state index contributed by atoms with van der Waals surface area (Å²) < 4.78 is 0. The van der Waals surface area contributed by atoms with E-state index in [9.17, 15) is 4.79 Å². The summed E-state index contributed by atoms with van der Waals surface area (Å²) in [6, 6.07) is -0.297. The summed E-state index contributed by atoms with van der Waals surface area (Å²) in [6.45, 7) is 13.0. The van der Waals surface area contributed by atoms with Gasteiger partial charge in [-0.2, -0.15) is 0 Å². The highest BCUT2D eigenvalue weighted by Gasteiger charge is 2.14. The van der Waals surface area contributed by atoms with Gasteiger partial charge in [-0.05, 0) is 20.8 Å². The molecule has 0 aromatic heterocycles. The first-order chi connectivity index (χ1) is 7.36. The number of nitrogens with one attached hydrogen (secondary N) is 2. The lowest BCUT2D eigenvalue weighted by atomic mass is 10.2. The topological polar surface area (TPSA) is 67.2 Å². The van der Waals surface area contributed by atoms with E-state index in [0.717, 1.165) is 5.70 Å². The number of hydrogen-bond acceptors (Lipinski definition) is 3. The van der Waals surface area contributed by atoms with Gasteiger partial charge in [0.1, 0.15) is 6.04 Å². The Labute approximate surface area is 98.0 Å². The van der Waals surface area contributed by atoms with Crippen molar-refractivity contribution in [3.63, 3.8) is 0 Å². The number of rotatable bonds is 7. The largest absolute Gasteiger partial charge is 0.378 e. The maximum atomic E-state index is 11.6. The molecule has 0 bridgehead atoms. The summed E-state index contributed by atoms with van der Waals surface area (Å²) in [7, 11) is 0. The zero-order chi connectivity index (χ0) is 12.7. The average molecular weight is 225 g/mol. The molecule has 1 amide bonds. The monoisotopic (exact) mass is 225 g/mol. The molecule has 2 unspecified atom stereocenters. The van der Waals surface area contributed by atoms with Crippen LogP contribution in [0.2, 0.25) is 0 Å². The Morgan fingerprint density at radius 1 is 1.38 bits per heavy atom. The Balaban J connectivity index is 4.05. The Hall–Kier alpha value is -1.29. The molecular formula is C12H23N3O. The van der Waals surface area contributed by atoms with E-state index in [1.165, 1.54) is 0 Å². The zero-order valence-corrected chi connectivity index (χ0v) is 10.4. The zero-order valence-electron chi connectivity index (χ0n) is 10.4. The van der Waals surface area contributed by atoms with Crippen LogP contribution in [0, 0.1) is 0 Å². The highest BCUT2D eigenvalue weighted by Crippen LogP contribution is 1.99. The molecule has 4 nitrogen and oxygen atoms in total. The Bertz CT molecular complexity index is 261. The van der Waals surface area contributed by atoms with Crippen molar-refractivity contribution in [2.75, 3.05) is 0 Å².